The molecule has 1 fully saturated rings. The first kappa shape index (κ1) is 24.2. The number of sulfonamides is 1. The number of piperidine rings is 1. The van der Waals surface area contributed by atoms with Crippen LogP contribution in [-0.2, 0) is 19.6 Å². The molecule has 0 atom stereocenters. The van der Waals surface area contributed by atoms with Crippen LogP contribution >= 0.6 is 0 Å². The Bertz CT molecular complexity index is 1170. The van der Waals surface area contributed by atoms with Gasteiger partial charge in [0.05, 0.1) is 28.3 Å². The maximum absolute atomic E-state index is 12.3. The fraction of sp³-hybridized carbons (Fsp3) is 0.391. The van der Waals surface area contributed by atoms with Crippen LogP contribution in [0.25, 0.3) is 0 Å². The van der Waals surface area contributed by atoms with Crippen molar-refractivity contribution in [2.24, 2.45) is 5.92 Å². The van der Waals surface area contributed by atoms with Crippen molar-refractivity contribution >= 4 is 27.7 Å². The lowest BCUT2D eigenvalue weighted by atomic mass is 9.93. The third-order valence-corrected chi connectivity index (χ3v) is 6.89. The van der Waals surface area contributed by atoms with Gasteiger partial charge in [0, 0.05) is 19.5 Å². The molecule has 1 aromatic heterocycles. The number of nitrogens with one attached hydrogen (secondary N) is 1. The number of nitriles is 1. The molecule has 33 heavy (non-hydrogen) atoms. The molecule has 0 unspecified atom stereocenters. The van der Waals surface area contributed by atoms with Gasteiger partial charge >= 0.3 is 5.97 Å². The average Bonchev–Trinajstić information content (AvgIpc) is 2.79. The molecule has 1 aliphatic heterocycles. The number of hydrogen-bond acceptors (Lipinski definition) is 8. The van der Waals surface area contributed by atoms with Gasteiger partial charge in [0.2, 0.25) is 5.91 Å². The monoisotopic (exact) mass is 470 g/mol. The number of esters is 1. The lowest BCUT2D eigenvalue weighted by Gasteiger charge is -2.33. The lowest BCUT2D eigenvalue weighted by Crippen LogP contribution is -2.38. The van der Waals surface area contributed by atoms with Gasteiger partial charge in [0.25, 0.3) is 10.0 Å². The quantitative estimate of drug-likeness (QED) is 0.611. The number of aryl methyl sites for hydroxylation is 1. The molecule has 1 saturated heterocycles. The van der Waals surface area contributed by atoms with E-state index in [4.69, 9.17) is 4.74 Å². The molecule has 1 amide bonds. The van der Waals surface area contributed by atoms with Gasteiger partial charge in [-0.1, -0.05) is 18.2 Å². The summed E-state index contributed by atoms with van der Waals surface area (Å²) in [6.07, 6.45) is 1.38. The van der Waals surface area contributed by atoms with Crippen LogP contribution in [0.1, 0.15) is 47.8 Å². The van der Waals surface area contributed by atoms with Crippen molar-refractivity contribution in [3.63, 3.8) is 0 Å². The number of carbonyl (C=O) groups excluding carboxylic acids is 2. The van der Waals surface area contributed by atoms with Gasteiger partial charge in [-0.25, -0.2) is 22.9 Å². The summed E-state index contributed by atoms with van der Waals surface area (Å²) in [6.45, 7) is 4.76. The normalized spacial score (nSPS) is 14.4. The average molecular weight is 471 g/mol. The third kappa shape index (κ3) is 5.87. The molecule has 0 bridgehead atoms. The number of anilines is 1. The Morgan fingerprint density at radius 1 is 1.24 bits per heavy atom. The number of benzene rings is 1. The molecule has 10 heteroatoms. The van der Waals surface area contributed by atoms with Gasteiger partial charge in [-0.3, -0.25) is 4.79 Å². The zero-order valence-electron chi connectivity index (χ0n) is 18.6. The number of pyridine rings is 1. The van der Waals surface area contributed by atoms with E-state index >= 15 is 0 Å². The minimum atomic E-state index is -3.89. The van der Waals surface area contributed by atoms with Crippen molar-refractivity contribution in [2.75, 3.05) is 24.6 Å². The van der Waals surface area contributed by atoms with Gasteiger partial charge in [-0.15, -0.1) is 0 Å². The van der Waals surface area contributed by atoms with Gasteiger partial charge in [-0.2, -0.15) is 5.26 Å². The summed E-state index contributed by atoms with van der Waals surface area (Å²) in [5, 5.41) is 9.57. The van der Waals surface area contributed by atoms with E-state index in [0.29, 0.717) is 37.4 Å². The second kappa shape index (κ2) is 10.4. The molecule has 9 nitrogen and oxygen atoms in total. The highest BCUT2D eigenvalue weighted by atomic mass is 32.2. The Kier molecular flexibility index (Phi) is 7.66. The van der Waals surface area contributed by atoms with E-state index in [2.05, 4.69) is 15.8 Å². The molecule has 1 aliphatic rings. The zero-order chi connectivity index (χ0) is 24.0. The lowest BCUT2D eigenvalue weighted by molar-refractivity contribution is -0.120. The number of hydrogen-bond donors (Lipinski definition) is 1. The second-order valence-corrected chi connectivity index (χ2v) is 9.48. The molecule has 3 rings (SSSR count). The van der Waals surface area contributed by atoms with Crippen molar-refractivity contribution in [1.29, 1.82) is 5.26 Å². The topological polar surface area (TPSA) is 129 Å². The van der Waals surface area contributed by atoms with E-state index in [-0.39, 0.29) is 35.0 Å². The predicted octanol–water partition coefficient (Wildman–Crippen LogP) is 2.55. The fourth-order valence-electron chi connectivity index (χ4n) is 3.79. The van der Waals surface area contributed by atoms with Crippen LogP contribution in [0.2, 0.25) is 0 Å². The van der Waals surface area contributed by atoms with Crippen LogP contribution in [0.4, 0.5) is 5.82 Å². The molecular formula is C23H26N4O5S. The maximum Gasteiger partial charge on any atom is 0.340 e. The van der Waals surface area contributed by atoms with Crippen LogP contribution in [0.5, 0.6) is 0 Å². The number of nitrogens with zero attached hydrogens (tertiary/aromatic N) is 3. The van der Waals surface area contributed by atoms with E-state index in [0.717, 1.165) is 0 Å². The molecule has 2 heterocycles. The summed E-state index contributed by atoms with van der Waals surface area (Å²) in [5.74, 6) is -0.543. The molecule has 2 aromatic rings. The Morgan fingerprint density at radius 3 is 2.52 bits per heavy atom. The molecule has 1 aromatic carbocycles. The van der Waals surface area contributed by atoms with Crippen molar-refractivity contribution in [2.45, 2.75) is 38.0 Å². The van der Waals surface area contributed by atoms with E-state index in [1.54, 1.807) is 32.0 Å². The first-order valence-corrected chi connectivity index (χ1v) is 12.2. The van der Waals surface area contributed by atoms with E-state index < -0.39 is 21.9 Å². The van der Waals surface area contributed by atoms with Gasteiger partial charge in [0.15, 0.2) is 0 Å². The Hall–Kier alpha value is -3.45. The molecule has 1 N–H and O–H groups in total. The summed E-state index contributed by atoms with van der Waals surface area (Å²) in [6, 6.07) is 11.4. The minimum absolute atomic E-state index is 0.0117. The van der Waals surface area contributed by atoms with Crippen molar-refractivity contribution < 1.29 is 22.7 Å². The number of carbonyl (C=O) groups is 2. The third-order valence-electron chi connectivity index (χ3n) is 5.50. The Morgan fingerprint density at radius 2 is 1.91 bits per heavy atom. The maximum atomic E-state index is 12.3. The molecule has 0 aliphatic carbocycles. The highest BCUT2D eigenvalue weighted by Crippen LogP contribution is 2.28. The molecule has 0 radical (unpaired) electrons. The first-order chi connectivity index (χ1) is 15.7. The van der Waals surface area contributed by atoms with E-state index in [1.807, 2.05) is 4.90 Å². The largest absolute Gasteiger partial charge is 0.462 e. The van der Waals surface area contributed by atoms with Crippen molar-refractivity contribution in [3.8, 4) is 6.07 Å². The molecule has 174 valence electrons. The molecule has 0 saturated carbocycles. The fourth-order valence-corrected chi connectivity index (χ4v) is 4.81. The first-order valence-electron chi connectivity index (χ1n) is 10.7. The number of ether oxygens (including phenoxy) is 1. The van der Waals surface area contributed by atoms with Crippen LogP contribution in [0.3, 0.4) is 0 Å². The van der Waals surface area contributed by atoms with Crippen molar-refractivity contribution in [3.05, 3.63) is 53.2 Å². The zero-order valence-corrected chi connectivity index (χ0v) is 19.4. The SMILES string of the molecule is CCOC(=O)c1cc(C#N)c(N2CCC(CC(=O)NS(=O)(=O)c3ccccc3)CC2)nc1C. The summed E-state index contributed by atoms with van der Waals surface area (Å²) in [4.78, 5) is 30.9. The molecule has 0 spiro atoms. The summed E-state index contributed by atoms with van der Waals surface area (Å²) in [7, 11) is -3.89. The van der Waals surface area contributed by atoms with Gasteiger partial charge in [-0.05, 0) is 50.8 Å². The van der Waals surface area contributed by atoms with Crippen LogP contribution in [-0.4, -0.2) is 45.0 Å². The van der Waals surface area contributed by atoms with E-state index in [1.165, 1.54) is 18.2 Å². The van der Waals surface area contributed by atoms with Gasteiger partial charge < -0.3 is 9.64 Å². The van der Waals surface area contributed by atoms with E-state index in [9.17, 15) is 23.3 Å². The second-order valence-electron chi connectivity index (χ2n) is 7.80. The predicted molar refractivity (Wildman–Crippen MR) is 121 cm³/mol. The standard InChI is InChI=1S/C23H26N4O5S/c1-3-32-23(29)20-14-18(15-24)22(25-16(20)2)27-11-9-17(10-12-27)13-21(28)26-33(30,31)19-7-5-4-6-8-19/h4-8,14,17H,3,9-13H2,1-2H3,(H,26,28). The minimum Gasteiger partial charge on any atom is -0.462 e. The van der Waals surface area contributed by atoms with Crippen molar-refractivity contribution in [1.82, 2.24) is 9.71 Å². The van der Waals surface area contributed by atoms with Crippen LogP contribution in [0, 0.1) is 24.2 Å². The molecular weight excluding hydrogens is 444 g/mol. The highest BCUT2D eigenvalue weighted by molar-refractivity contribution is 7.90. The van der Waals surface area contributed by atoms with Crippen LogP contribution < -0.4 is 9.62 Å². The summed E-state index contributed by atoms with van der Waals surface area (Å²) >= 11 is 0. The van der Waals surface area contributed by atoms with Gasteiger partial charge in [0.1, 0.15) is 11.9 Å². The Labute approximate surface area is 193 Å². The Balaban J connectivity index is 1.62. The van der Waals surface area contributed by atoms with Crippen LogP contribution in [0.15, 0.2) is 41.3 Å². The number of amides is 1. The summed E-state index contributed by atoms with van der Waals surface area (Å²) in [5.41, 5.74) is 1.03. The number of rotatable bonds is 7. The smallest absolute Gasteiger partial charge is 0.340 e. The number of aromatic nitrogens is 1. The summed E-state index contributed by atoms with van der Waals surface area (Å²) < 4.78 is 31.8. The highest BCUT2D eigenvalue weighted by Gasteiger charge is 2.27.